The van der Waals surface area contributed by atoms with E-state index >= 15 is 0 Å². The maximum Gasteiger partial charge on any atom is 0.166 e. The molecule has 0 saturated carbocycles. The number of hydrogen-bond acceptors (Lipinski definition) is 2. The molecule has 1 fully saturated rings. The third-order valence-electron chi connectivity index (χ3n) is 3.90. The van der Waals surface area contributed by atoms with Crippen molar-refractivity contribution in [2.24, 2.45) is 0 Å². The first-order valence-corrected chi connectivity index (χ1v) is 9.20. The van der Waals surface area contributed by atoms with Crippen LogP contribution in [0.1, 0.15) is 78.1 Å². The predicted molar refractivity (Wildman–Crippen MR) is 84.9 cm³/mol. The van der Waals surface area contributed by atoms with Gasteiger partial charge in [0.05, 0.1) is 12.7 Å². The summed E-state index contributed by atoms with van der Waals surface area (Å²) in [5.74, 6) is -0.320. The van der Waals surface area contributed by atoms with E-state index in [1.807, 2.05) is 0 Å². The molecule has 2 atom stereocenters. The molecule has 0 bridgehead atoms. The summed E-state index contributed by atoms with van der Waals surface area (Å²) >= 11 is 3.45. The Morgan fingerprint density at radius 1 is 1.00 bits per heavy atom. The van der Waals surface area contributed by atoms with E-state index in [4.69, 9.17) is 9.47 Å². The smallest absolute Gasteiger partial charge is 0.166 e. The van der Waals surface area contributed by atoms with Gasteiger partial charge in [0.25, 0.3) is 0 Å². The number of rotatable bonds is 11. The minimum atomic E-state index is -0.320. The number of hydrogen-bond donors (Lipinski definition) is 0. The average Bonchev–Trinajstić information content (AvgIpc) is 2.79. The van der Waals surface area contributed by atoms with Crippen LogP contribution >= 0.6 is 15.9 Å². The van der Waals surface area contributed by atoms with E-state index in [-0.39, 0.29) is 11.9 Å². The molecule has 1 rings (SSSR count). The van der Waals surface area contributed by atoms with Crippen LogP contribution < -0.4 is 0 Å². The summed E-state index contributed by atoms with van der Waals surface area (Å²) in [4.78, 5) is 0. The summed E-state index contributed by atoms with van der Waals surface area (Å²) in [5, 5.41) is 0.875. The second-order valence-corrected chi connectivity index (χ2v) is 6.56. The quantitative estimate of drug-likeness (QED) is 0.370. The highest BCUT2D eigenvalue weighted by Gasteiger charge is 2.35. The molecular weight excluding hydrogens is 304 g/mol. The van der Waals surface area contributed by atoms with Gasteiger partial charge >= 0.3 is 0 Å². The summed E-state index contributed by atoms with van der Waals surface area (Å²) in [6, 6.07) is 0. The van der Waals surface area contributed by atoms with Crippen LogP contribution in [0.25, 0.3) is 0 Å². The molecule has 0 radical (unpaired) electrons. The topological polar surface area (TPSA) is 18.5 Å². The summed E-state index contributed by atoms with van der Waals surface area (Å²) < 4.78 is 11.7. The largest absolute Gasteiger partial charge is 0.347 e. The third-order valence-corrected chi connectivity index (χ3v) is 4.62. The van der Waals surface area contributed by atoms with E-state index in [1.54, 1.807) is 0 Å². The lowest BCUT2D eigenvalue weighted by Crippen LogP contribution is -2.26. The Morgan fingerprint density at radius 3 is 2.11 bits per heavy atom. The summed E-state index contributed by atoms with van der Waals surface area (Å²) in [6.07, 6.45) is 13.6. The minimum Gasteiger partial charge on any atom is -0.347 e. The van der Waals surface area contributed by atoms with Gasteiger partial charge in [0, 0.05) is 11.8 Å². The lowest BCUT2D eigenvalue weighted by molar-refractivity contribution is -0.156. The van der Waals surface area contributed by atoms with Crippen molar-refractivity contribution in [3.8, 4) is 0 Å². The van der Waals surface area contributed by atoms with E-state index in [9.17, 15) is 0 Å². The van der Waals surface area contributed by atoms with E-state index in [2.05, 4.69) is 29.8 Å². The van der Waals surface area contributed by atoms with Gasteiger partial charge in [-0.1, -0.05) is 74.2 Å². The Morgan fingerprint density at radius 2 is 1.58 bits per heavy atom. The summed E-state index contributed by atoms with van der Waals surface area (Å²) in [7, 11) is 0. The van der Waals surface area contributed by atoms with Crippen LogP contribution in [-0.2, 0) is 9.47 Å². The van der Waals surface area contributed by atoms with Gasteiger partial charge in [0.15, 0.2) is 5.79 Å². The average molecular weight is 335 g/mol. The molecule has 3 heteroatoms. The summed E-state index contributed by atoms with van der Waals surface area (Å²) in [5.41, 5.74) is 0. The van der Waals surface area contributed by atoms with Crippen molar-refractivity contribution in [2.75, 3.05) is 11.9 Å². The molecule has 0 aromatic rings. The van der Waals surface area contributed by atoms with Gasteiger partial charge < -0.3 is 9.47 Å². The van der Waals surface area contributed by atoms with Gasteiger partial charge in [0.1, 0.15) is 0 Å². The van der Waals surface area contributed by atoms with Gasteiger partial charge in [-0.15, -0.1) is 0 Å². The molecule has 19 heavy (non-hydrogen) atoms. The Kier molecular flexibility index (Phi) is 9.34. The molecular formula is C16H31BrO2. The van der Waals surface area contributed by atoms with Gasteiger partial charge in [0.2, 0.25) is 0 Å². The highest BCUT2D eigenvalue weighted by molar-refractivity contribution is 9.09. The third kappa shape index (κ3) is 7.67. The van der Waals surface area contributed by atoms with Crippen molar-refractivity contribution in [3.05, 3.63) is 0 Å². The van der Waals surface area contributed by atoms with Crippen LogP contribution in [0.4, 0.5) is 0 Å². The highest BCUT2D eigenvalue weighted by Crippen LogP contribution is 2.29. The zero-order valence-corrected chi connectivity index (χ0v) is 14.3. The predicted octanol–water partition coefficient (Wildman–Crippen LogP) is 5.43. The second-order valence-electron chi connectivity index (χ2n) is 5.92. The fourth-order valence-corrected chi connectivity index (χ4v) is 2.97. The van der Waals surface area contributed by atoms with Crippen LogP contribution in [0, 0.1) is 0 Å². The van der Waals surface area contributed by atoms with E-state index in [0.29, 0.717) is 0 Å². The molecule has 1 aliphatic heterocycles. The van der Waals surface area contributed by atoms with Gasteiger partial charge in [-0.25, -0.2) is 0 Å². The maximum atomic E-state index is 5.90. The molecule has 2 unspecified atom stereocenters. The summed E-state index contributed by atoms with van der Waals surface area (Å²) in [6.45, 7) is 5.09. The number of alkyl halides is 1. The van der Waals surface area contributed by atoms with Crippen molar-refractivity contribution in [3.63, 3.8) is 0 Å². The van der Waals surface area contributed by atoms with E-state index in [0.717, 1.165) is 18.4 Å². The zero-order valence-electron chi connectivity index (χ0n) is 12.8. The Hall–Kier alpha value is 0.400. The standard InChI is InChI=1S/C16H31BrO2/c1-3-4-5-6-7-8-9-10-11-12-16(2)18-14-15(13-17)19-16/h15H,3-14H2,1-2H3. The molecule has 2 nitrogen and oxygen atoms in total. The fourth-order valence-electron chi connectivity index (χ4n) is 2.65. The molecule has 0 aliphatic carbocycles. The highest BCUT2D eigenvalue weighted by atomic mass is 79.9. The molecule has 0 amide bonds. The normalized spacial score (nSPS) is 27.0. The molecule has 0 aromatic heterocycles. The molecule has 0 spiro atoms. The number of halogens is 1. The van der Waals surface area contributed by atoms with Crippen LogP contribution in [0.2, 0.25) is 0 Å². The first kappa shape index (κ1) is 17.5. The van der Waals surface area contributed by atoms with E-state index in [1.165, 1.54) is 57.8 Å². The Balaban J connectivity index is 1.91. The lowest BCUT2D eigenvalue weighted by Gasteiger charge is -2.23. The monoisotopic (exact) mass is 334 g/mol. The molecule has 0 N–H and O–H groups in total. The second kappa shape index (κ2) is 10.2. The van der Waals surface area contributed by atoms with Gasteiger partial charge in [-0.05, 0) is 13.3 Å². The van der Waals surface area contributed by atoms with Crippen molar-refractivity contribution in [1.29, 1.82) is 0 Å². The van der Waals surface area contributed by atoms with Crippen molar-refractivity contribution in [1.82, 2.24) is 0 Å². The van der Waals surface area contributed by atoms with Crippen molar-refractivity contribution in [2.45, 2.75) is 89.9 Å². The number of unbranched alkanes of at least 4 members (excludes halogenated alkanes) is 8. The molecule has 1 saturated heterocycles. The van der Waals surface area contributed by atoms with Crippen LogP contribution in [0.15, 0.2) is 0 Å². The number of ether oxygens (including phenoxy) is 2. The molecule has 0 aromatic carbocycles. The van der Waals surface area contributed by atoms with Crippen LogP contribution in [-0.4, -0.2) is 23.8 Å². The first-order valence-electron chi connectivity index (χ1n) is 8.08. The fraction of sp³-hybridized carbons (Fsp3) is 1.00. The maximum absolute atomic E-state index is 5.90. The molecule has 114 valence electrons. The SMILES string of the molecule is CCCCCCCCCCCC1(C)OCC(CBr)O1. The lowest BCUT2D eigenvalue weighted by atomic mass is 10.0. The zero-order chi connectivity index (χ0) is 14.0. The molecule has 1 heterocycles. The Bertz CT molecular complexity index is 223. The van der Waals surface area contributed by atoms with Gasteiger partial charge in [-0.2, -0.15) is 0 Å². The minimum absolute atomic E-state index is 0.239. The van der Waals surface area contributed by atoms with Gasteiger partial charge in [-0.3, -0.25) is 0 Å². The van der Waals surface area contributed by atoms with Crippen LogP contribution in [0.5, 0.6) is 0 Å². The first-order chi connectivity index (χ1) is 9.20. The Labute approximate surface area is 127 Å². The van der Waals surface area contributed by atoms with Crippen molar-refractivity contribution >= 4 is 15.9 Å². The van der Waals surface area contributed by atoms with Crippen molar-refractivity contribution < 1.29 is 9.47 Å². The van der Waals surface area contributed by atoms with E-state index < -0.39 is 0 Å². The molecule has 1 aliphatic rings. The van der Waals surface area contributed by atoms with Crippen LogP contribution in [0.3, 0.4) is 0 Å².